The predicted molar refractivity (Wildman–Crippen MR) is 188 cm³/mol. The van der Waals surface area contributed by atoms with E-state index in [4.69, 9.17) is 10.5 Å². The maximum absolute atomic E-state index is 13.8. The van der Waals surface area contributed by atoms with E-state index in [1.807, 2.05) is 26.1 Å². The molecule has 4 aromatic carbocycles. The molecule has 256 valence electrons. The van der Waals surface area contributed by atoms with E-state index in [0.29, 0.717) is 42.3 Å². The Morgan fingerprint density at radius 2 is 1.67 bits per heavy atom. The number of para-hydroxylation sites is 3. The average Bonchev–Trinajstić information content (AvgIpc) is 3.08. The number of carbonyl (C=O) groups is 3. The van der Waals surface area contributed by atoms with Gasteiger partial charge in [-0.2, -0.15) is 0 Å². The standard InChI is InChI=1S/C37H41FN6O5/c1-23-19-44(24(2)22-45)36(47)29-7-6-10-32(42-37(48)40-28-17-15-27(38)16-18-28)34(29)49-33(23)21-43(3)20-25-11-13-26(14-12-25)35(46)41-31-9-5-4-8-30(31)39/h4-18,23-24,33,45H,19-22,39H2,1-3H3,(H,41,46)(H2,40,42,48)/t23-,24+,33+/m0/s1. The van der Waals surface area contributed by atoms with Crippen molar-refractivity contribution in [2.75, 3.05) is 48.4 Å². The molecule has 0 saturated carbocycles. The van der Waals surface area contributed by atoms with Crippen LogP contribution in [0.1, 0.15) is 40.1 Å². The average molecular weight is 669 g/mol. The lowest BCUT2D eigenvalue weighted by atomic mass is 9.98. The van der Waals surface area contributed by atoms with E-state index >= 15 is 0 Å². The number of nitrogens with two attached hydrogens (primary N) is 1. The highest BCUT2D eigenvalue weighted by Gasteiger charge is 2.34. The van der Waals surface area contributed by atoms with Gasteiger partial charge in [0.15, 0.2) is 5.75 Å². The van der Waals surface area contributed by atoms with Crippen molar-refractivity contribution < 1.29 is 28.6 Å². The molecule has 4 amide bonds. The van der Waals surface area contributed by atoms with Crippen molar-refractivity contribution in [2.45, 2.75) is 32.5 Å². The lowest BCUT2D eigenvalue weighted by Gasteiger charge is -2.38. The van der Waals surface area contributed by atoms with Crippen LogP contribution in [0, 0.1) is 11.7 Å². The van der Waals surface area contributed by atoms with Crippen molar-refractivity contribution >= 4 is 40.6 Å². The quantitative estimate of drug-likeness (QED) is 0.137. The van der Waals surface area contributed by atoms with Gasteiger partial charge in [0, 0.05) is 36.8 Å². The number of nitrogen functional groups attached to an aromatic ring is 1. The first-order valence-corrected chi connectivity index (χ1v) is 16.0. The minimum atomic E-state index is -0.593. The minimum Gasteiger partial charge on any atom is -0.486 e. The number of amides is 4. The second-order valence-corrected chi connectivity index (χ2v) is 12.3. The molecular weight excluding hydrogens is 627 g/mol. The molecule has 1 heterocycles. The first-order chi connectivity index (χ1) is 23.5. The third-order valence-corrected chi connectivity index (χ3v) is 8.41. The number of anilines is 4. The number of urea groups is 1. The first kappa shape index (κ1) is 34.9. The smallest absolute Gasteiger partial charge is 0.323 e. The van der Waals surface area contributed by atoms with Crippen LogP contribution in [0.2, 0.25) is 0 Å². The van der Waals surface area contributed by atoms with Crippen LogP contribution in [0.25, 0.3) is 0 Å². The third-order valence-electron chi connectivity index (χ3n) is 8.41. The van der Waals surface area contributed by atoms with Crippen LogP contribution in [-0.4, -0.2) is 71.6 Å². The van der Waals surface area contributed by atoms with E-state index in [9.17, 15) is 23.9 Å². The maximum atomic E-state index is 13.8. The van der Waals surface area contributed by atoms with Crippen molar-refractivity contribution in [1.82, 2.24) is 9.80 Å². The number of hydrogen-bond donors (Lipinski definition) is 5. The van der Waals surface area contributed by atoms with Gasteiger partial charge in [-0.3, -0.25) is 14.5 Å². The fourth-order valence-electron chi connectivity index (χ4n) is 5.63. The molecule has 0 saturated heterocycles. The van der Waals surface area contributed by atoms with Crippen LogP contribution < -0.4 is 26.4 Å². The summed E-state index contributed by atoms with van der Waals surface area (Å²) < 4.78 is 20.0. The predicted octanol–water partition coefficient (Wildman–Crippen LogP) is 5.66. The van der Waals surface area contributed by atoms with Crippen LogP contribution >= 0.6 is 0 Å². The van der Waals surface area contributed by atoms with Gasteiger partial charge in [0.2, 0.25) is 0 Å². The second kappa shape index (κ2) is 15.6. The molecule has 0 radical (unpaired) electrons. The molecule has 11 nitrogen and oxygen atoms in total. The highest BCUT2D eigenvalue weighted by Crippen LogP contribution is 2.35. The van der Waals surface area contributed by atoms with Crippen molar-refractivity contribution in [3.8, 4) is 5.75 Å². The van der Waals surface area contributed by atoms with E-state index in [0.717, 1.165) is 5.56 Å². The van der Waals surface area contributed by atoms with Gasteiger partial charge < -0.3 is 36.4 Å². The summed E-state index contributed by atoms with van der Waals surface area (Å²) in [4.78, 5) is 43.3. The summed E-state index contributed by atoms with van der Waals surface area (Å²) in [6.07, 6.45) is -0.422. The summed E-state index contributed by atoms with van der Waals surface area (Å²) in [5, 5.41) is 18.3. The molecule has 5 rings (SSSR count). The number of nitrogens with one attached hydrogen (secondary N) is 3. The van der Waals surface area contributed by atoms with E-state index in [-0.39, 0.29) is 41.3 Å². The number of benzene rings is 4. The van der Waals surface area contributed by atoms with Crippen molar-refractivity contribution in [3.63, 3.8) is 0 Å². The van der Waals surface area contributed by atoms with Crippen molar-refractivity contribution in [2.24, 2.45) is 5.92 Å². The summed E-state index contributed by atoms with van der Waals surface area (Å²) in [7, 11) is 1.95. The summed E-state index contributed by atoms with van der Waals surface area (Å²) in [6.45, 7) is 4.90. The zero-order chi connectivity index (χ0) is 35.1. The Kier molecular flexibility index (Phi) is 11.1. The Morgan fingerprint density at radius 3 is 2.37 bits per heavy atom. The highest BCUT2D eigenvalue weighted by molar-refractivity contribution is 6.06. The molecule has 0 fully saturated rings. The zero-order valence-electron chi connectivity index (χ0n) is 27.7. The molecule has 0 aromatic heterocycles. The molecule has 12 heteroatoms. The number of aliphatic hydroxyl groups excluding tert-OH is 1. The second-order valence-electron chi connectivity index (χ2n) is 12.3. The molecular formula is C37H41FN6O5. The molecule has 0 unspecified atom stereocenters. The summed E-state index contributed by atoms with van der Waals surface area (Å²) in [5.74, 6) is -0.956. The van der Waals surface area contributed by atoms with Gasteiger partial charge in [-0.25, -0.2) is 9.18 Å². The molecule has 0 bridgehead atoms. The zero-order valence-corrected chi connectivity index (χ0v) is 27.7. The van der Waals surface area contributed by atoms with E-state index in [1.165, 1.54) is 24.3 Å². The Balaban J connectivity index is 1.33. The molecule has 0 spiro atoms. The number of hydrogen-bond acceptors (Lipinski definition) is 7. The number of nitrogens with zero attached hydrogens (tertiary/aromatic N) is 2. The number of likely N-dealkylation sites (N-methyl/N-ethyl adjacent to an activating group) is 1. The van der Waals surface area contributed by atoms with Gasteiger partial charge in [-0.15, -0.1) is 0 Å². The summed E-state index contributed by atoms with van der Waals surface area (Å²) in [5.41, 5.74) is 9.39. The Bertz CT molecular complexity index is 1790. The lowest BCUT2D eigenvalue weighted by Crippen LogP contribution is -2.49. The fraction of sp³-hybridized carbons (Fsp3) is 0.270. The van der Waals surface area contributed by atoms with Gasteiger partial charge >= 0.3 is 6.03 Å². The maximum Gasteiger partial charge on any atom is 0.323 e. The van der Waals surface area contributed by atoms with Gasteiger partial charge in [0.1, 0.15) is 11.9 Å². The highest BCUT2D eigenvalue weighted by atomic mass is 19.1. The van der Waals surface area contributed by atoms with Crippen LogP contribution in [0.15, 0.2) is 91.0 Å². The number of halogens is 1. The van der Waals surface area contributed by atoms with Gasteiger partial charge in [-0.05, 0) is 80.2 Å². The monoisotopic (exact) mass is 668 g/mol. The SMILES string of the molecule is C[C@H](CO)N1C[C@H](C)[C@@H](CN(C)Cc2ccc(C(=O)Nc3ccccc3N)cc2)Oc2c(NC(=O)Nc3ccc(F)cc3)cccc2C1=O. The fourth-order valence-corrected chi connectivity index (χ4v) is 5.63. The summed E-state index contributed by atoms with van der Waals surface area (Å²) in [6, 6.07) is 23.6. The van der Waals surface area contributed by atoms with E-state index in [2.05, 4.69) is 20.9 Å². The normalized spacial score (nSPS) is 16.5. The van der Waals surface area contributed by atoms with Crippen molar-refractivity contribution in [3.05, 3.63) is 114 Å². The Labute approximate surface area is 284 Å². The van der Waals surface area contributed by atoms with Gasteiger partial charge in [0.05, 0.1) is 35.3 Å². The summed E-state index contributed by atoms with van der Waals surface area (Å²) >= 11 is 0. The van der Waals surface area contributed by atoms with Gasteiger partial charge in [-0.1, -0.05) is 37.3 Å². The number of aliphatic hydroxyl groups is 1. The minimum absolute atomic E-state index is 0.161. The van der Waals surface area contributed by atoms with Crippen LogP contribution in [0.4, 0.5) is 31.9 Å². The van der Waals surface area contributed by atoms with E-state index < -0.39 is 24.0 Å². The number of ether oxygens (including phenoxy) is 1. The number of carbonyl (C=O) groups excluding carboxylic acids is 3. The Hall–Kier alpha value is -5.46. The van der Waals surface area contributed by atoms with Crippen LogP contribution in [0.3, 0.4) is 0 Å². The number of fused-ring (bicyclic) bond motifs is 1. The van der Waals surface area contributed by atoms with Gasteiger partial charge in [0.25, 0.3) is 11.8 Å². The molecule has 49 heavy (non-hydrogen) atoms. The largest absolute Gasteiger partial charge is 0.486 e. The molecule has 1 aliphatic rings. The van der Waals surface area contributed by atoms with Crippen molar-refractivity contribution in [1.29, 1.82) is 0 Å². The van der Waals surface area contributed by atoms with Crippen LogP contribution in [-0.2, 0) is 6.54 Å². The lowest BCUT2D eigenvalue weighted by molar-refractivity contribution is 0.0343. The number of rotatable bonds is 10. The molecule has 4 aromatic rings. The molecule has 0 aliphatic carbocycles. The molecule has 3 atom stereocenters. The molecule has 1 aliphatic heterocycles. The van der Waals surface area contributed by atoms with E-state index in [1.54, 1.807) is 66.4 Å². The third kappa shape index (κ3) is 8.72. The van der Waals surface area contributed by atoms with Crippen LogP contribution in [0.5, 0.6) is 5.75 Å². The molecule has 6 N–H and O–H groups in total. The Morgan fingerprint density at radius 1 is 0.980 bits per heavy atom. The topological polar surface area (TPSA) is 149 Å². The first-order valence-electron chi connectivity index (χ1n) is 16.0.